The van der Waals surface area contributed by atoms with Crippen LogP contribution in [0.15, 0.2) is 29.3 Å². The molecule has 0 radical (unpaired) electrons. The molecule has 0 N–H and O–H groups in total. The van der Waals surface area contributed by atoms with E-state index in [2.05, 4.69) is 19.7 Å². The Morgan fingerprint density at radius 1 is 1.18 bits per heavy atom. The minimum absolute atomic E-state index is 0.0256. The van der Waals surface area contributed by atoms with Crippen LogP contribution >= 0.6 is 22.9 Å². The van der Waals surface area contributed by atoms with Crippen molar-refractivity contribution in [2.24, 2.45) is 16.3 Å². The van der Waals surface area contributed by atoms with Crippen LogP contribution in [0.1, 0.15) is 58.9 Å². The molecular weight excluding hydrogens is 466 g/mol. The molecule has 34 heavy (non-hydrogen) atoms. The van der Waals surface area contributed by atoms with E-state index in [0.717, 1.165) is 65.8 Å². The van der Waals surface area contributed by atoms with Gasteiger partial charge in [0.2, 0.25) is 5.91 Å². The maximum atomic E-state index is 13.6. The molecule has 2 aromatic heterocycles. The number of carbonyl (C=O) groups excluding carboxylic acids is 1. The normalized spacial score (nSPS) is 22.1. The first kappa shape index (κ1) is 20.8. The number of rotatable bonds is 2. The van der Waals surface area contributed by atoms with Crippen LogP contribution in [-0.4, -0.2) is 44.4 Å². The topological polar surface area (TPSA) is 63.4 Å². The molecule has 0 bridgehead atoms. The fourth-order valence-corrected chi connectivity index (χ4v) is 7.81. The summed E-state index contributed by atoms with van der Waals surface area (Å²) in [5.41, 5.74) is 4.66. The first-order valence-electron chi connectivity index (χ1n) is 12.2. The maximum absolute atomic E-state index is 13.6. The second-order valence-corrected chi connectivity index (χ2v) is 11.8. The van der Waals surface area contributed by atoms with Gasteiger partial charge in [0.05, 0.1) is 5.71 Å². The predicted octanol–water partition coefficient (Wildman–Crippen LogP) is 4.76. The summed E-state index contributed by atoms with van der Waals surface area (Å²) >= 11 is 8.42. The number of hydrogen-bond donors (Lipinski definition) is 0. The van der Waals surface area contributed by atoms with Crippen molar-refractivity contribution >= 4 is 34.6 Å². The van der Waals surface area contributed by atoms with E-state index in [9.17, 15) is 4.79 Å². The van der Waals surface area contributed by atoms with Gasteiger partial charge < -0.3 is 4.90 Å². The molecule has 7 rings (SSSR count). The Morgan fingerprint density at radius 2 is 2.03 bits per heavy atom. The first-order chi connectivity index (χ1) is 16.5. The molecular formula is C26H26ClN5OS. The van der Waals surface area contributed by atoms with Crippen LogP contribution in [0.2, 0.25) is 5.02 Å². The number of fused-ring (bicyclic) bond motifs is 5. The summed E-state index contributed by atoms with van der Waals surface area (Å²) < 4.78 is 2.14. The molecule has 1 amide bonds. The van der Waals surface area contributed by atoms with Crippen molar-refractivity contribution in [3.05, 3.63) is 62.5 Å². The van der Waals surface area contributed by atoms with Crippen LogP contribution in [0.5, 0.6) is 0 Å². The Morgan fingerprint density at radius 3 is 2.85 bits per heavy atom. The number of aryl methyl sites for hydroxylation is 1. The summed E-state index contributed by atoms with van der Waals surface area (Å²) in [5, 5.41) is 10.5. The van der Waals surface area contributed by atoms with Crippen molar-refractivity contribution in [2.75, 3.05) is 13.1 Å². The number of likely N-dealkylation sites (tertiary alicyclic amines) is 1. The van der Waals surface area contributed by atoms with Gasteiger partial charge in [-0.25, -0.2) is 0 Å². The lowest BCUT2D eigenvalue weighted by Crippen LogP contribution is -2.44. The van der Waals surface area contributed by atoms with Gasteiger partial charge in [-0.15, -0.1) is 21.5 Å². The van der Waals surface area contributed by atoms with Crippen molar-refractivity contribution in [3.8, 4) is 5.00 Å². The molecule has 2 fully saturated rings. The molecule has 4 aliphatic rings. The number of benzene rings is 1. The number of nitrogens with zero attached hydrogens (tertiary/aromatic N) is 5. The zero-order valence-electron chi connectivity index (χ0n) is 19.2. The van der Waals surface area contributed by atoms with Gasteiger partial charge in [-0.2, -0.15) is 0 Å². The van der Waals surface area contributed by atoms with Crippen molar-refractivity contribution in [3.63, 3.8) is 0 Å². The van der Waals surface area contributed by atoms with Gasteiger partial charge in [0.25, 0.3) is 0 Å². The third-order valence-electron chi connectivity index (χ3n) is 8.07. The second kappa shape index (κ2) is 7.49. The standard InChI is InChI=1S/C26H26ClN5OS/c1-15-29-30-21-13-28-23(17-5-2-3-6-19(17)27)22-18-11-16(12-20(18)34-25(22)32(15)21)24(33)31-10-4-7-26(14-31)8-9-26/h2-3,5-6,16H,4,7-14H2,1H3. The Kier molecular flexibility index (Phi) is 4.59. The van der Waals surface area contributed by atoms with Crippen molar-refractivity contribution < 1.29 is 4.79 Å². The zero-order valence-corrected chi connectivity index (χ0v) is 20.8. The van der Waals surface area contributed by atoms with Gasteiger partial charge in [-0.05, 0) is 62.5 Å². The highest BCUT2D eigenvalue weighted by Gasteiger charge is 2.47. The lowest BCUT2D eigenvalue weighted by atomic mass is 9.93. The third-order valence-corrected chi connectivity index (χ3v) is 9.64. The molecule has 1 saturated carbocycles. The Balaban J connectivity index is 1.29. The van der Waals surface area contributed by atoms with Gasteiger partial charge >= 0.3 is 0 Å². The summed E-state index contributed by atoms with van der Waals surface area (Å²) in [7, 11) is 0. The fraction of sp³-hybridized carbons (Fsp3) is 0.462. The lowest BCUT2D eigenvalue weighted by molar-refractivity contribution is -0.137. The number of thiophene rings is 1. The minimum atomic E-state index is 0.0256. The molecule has 1 saturated heterocycles. The van der Waals surface area contributed by atoms with E-state index in [4.69, 9.17) is 16.6 Å². The summed E-state index contributed by atoms with van der Waals surface area (Å²) in [6.45, 7) is 4.32. The van der Waals surface area contributed by atoms with Crippen LogP contribution in [0, 0.1) is 18.3 Å². The molecule has 2 aliphatic carbocycles. The predicted molar refractivity (Wildman–Crippen MR) is 133 cm³/mol. The monoisotopic (exact) mass is 491 g/mol. The highest BCUT2D eigenvalue weighted by Crippen LogP contribution is 2.52. The molecule has 3 aromatic rings. The van der Waals surface area contributed by atoms with Crippen LogP contribution in [-0.2, 0) is 24.2 Å². The highest BCUT2D eigenvalue weighted by molar-refractivity contribution is 7.15. The minimum Gasteiger partial charge on any atom is -0.342 e. The van der Waals surface area contributed by atoms with Crippen LogP contribution in [0.4, 0.5) is 0 Å². The quantitative estimate of drug-likeness (QED) is 0.519. The van der Waals surface area contributed by atoms with Crippen molar-refractivity contribution in [2.45, 2.75) is 52.0 Å². The third kappa shape index (κ3) is 3.13. The van der Waals surface area contributed by atoms with E-state index in [1.165, 1.54) is 29.7 Å². The molecule has 1 unspecified atom stereocenters. The molecule has 174 valence electrons. The van der Waals surface area contributed by atoms with Gasteiger partial charge in [0, 0.05) is 40.0 Å². The molecule has 1 aromatic carbocycles. The van der Waals surface area contributed by atoms with E-state index in [1.807, 2.05) is 31.2 Å². The number of aromatic nitrogens is 3. The number of piperidine rings is 1. The SMILES string of the molecule is Cc1nnc2n1-c1sc3c(c1C(c1ccccc1Cl)=NC2)CC(C(=O)N1CCCC2(CC2)C1)C3. The second-order valence-electron chi connectivity index (χ2n) is 10.3. The highest BCUT2D eigenvalue weighted by atomic mass is 35.5. The Hall–Kier alpha value is -2.51. The maximum Gasteiger partial charge on any atom is 0.226 e. The van der Waals surface area contributed by atoms with Crippen LogP contribution in [0.3, 0.4) is 0 Å². The smallest absolute Gasteiger partial charge is 0.226 e. The van der Waals surface area contributed by atoms with E-state index in [1.54, 1.807) is 11.3 Å². The first-order valence-corrected chi connectivity index (χ1v) is 13.4. The van der Waals surface area contributed by atoms with E-state index >= 15 is 0 Å². The molecule has 1 spiro atoms. The van der Waals surface area contributed by atoms with Gasteiger partial charge in [0.1, 0.15) is 17.4 Å². The Labute approximate surface area is 207 Å². The molecule has 4 heterocycles. The number of amides is 1. The van der Waals surface area contributed by atoms with Crippen LogP contribution in [0.25, 0.3) is 5.00 Å². The Bertz CT molecular complexity index is 1370. The lowest BCUT2D eigenvalue weighted by Gasteiger charge is -2.34. The summed E-state index contributed by atoms with van der Waals surface area (Å²) in [6.07, 6.45) is 6.60. The number of carbonyl (C=O) groups is 1. The van der Waals surface area contributed by atoms with Gasteiger partial charge in [-0.1, -0.05) is 29.8 Å². The zero-order chi connectivity index (χ0) is 23.0. The van der Waals surface area contributed by atoms with Crippen molar-refractivity contribution in [1.29, 1.82) is 0 Å². The van der Waals surface area contributed by atoms with Gasteiger partial charge in [-0.3, -0.25) is 14.4 Å². The van der Waals surface area contributed by atoms with Crippen LogP contribution < -0.4 is 0 Å². The molecule has 1 atom stereocenters. The number of halogens is 1. The number of aliphatic imine (C=N–C) groups is 1. The fourth-order valence-electron chi connectivity index (χ4n) is 6.11. The average molecular weight is 492 g/mol. The van der Waals surface area contributed by atoms with E-state index in [0.29, 0.717) is 22.9 Å². The molecule has 2 aliphatic heterocycles. The number of hydrogen-bond acceptors (Lipinski definition) is 5. The summed E-state index contributed by atoms with van der Waals surface area (Å²) in [6, 6.07) is 7.90. The van der Waals surface area contributed by atoms with Gasteiger partial charge in [0.15, 0.2) is 5.82 Å². The average Bonchev–Trinajstić information content (AvgIpc) is 3.16. The molecule has 8 heteroatoms. The van der Waals surface area contributed by atoms with E-state index in [-0.39, 0.29) is 5.92 Å². The van der Waals surface area contributed by atoms with Crippen molar-refractivity contribution in [1.82, 2.24) is 19.7 Å². The largest absolute Gasteiger partial charge is 0.342 e. The summed E-state index contributed by atoms with van der Waals surface area (Å²) in [4.78, 5) is 22.1. The summed E-state index contributed by atoms with van der Waals surface area (Å²) in [5.74, 6) is 2.07. The molecule has 6 nitrogen and oxygen atoms in total. The van der Waals surface area contributed by atoms with E-state index < -0.39 is 0 Å².